The van der Waals surface area contributed by atoms with Crippen LogP contribution in [0, 0.1) is 0 Å². The zero-order valence-electron chi connectivity index (χ0n) is 6.54. The van der Waals surface area contributed by atoms with Crippen LogP contribution in [0.3, 0.4) is 0 Å². The fourth-order valence-electron chi connectivity index (χ4n) is 1.14. The summed E-state index contributed by atoms with van der Waals surface area (Å²) in [4.78, 5) is 0. The van der Waals surface area contributed by atoms with E-state index in [0.717, 1.165) is 16.5 Å². The Morgan fingerprint density at radius 3 is 3.08 bits per heavy atom. The smallest absolute Gasteiger partial charge is 0.0650 e. The molecule has 3 nitrogen and oxygen atoms in total. The highest BCUT2D eigenvalue weighted by Gasteiger charge is 1.97. The van der Waals surface area contributed by atoms with Crippen LogP contribution in [-0.2, 0) is 0 Å². The number of hydrogen-bond acceptors (Lipinski definition) is 2. The van der Waals surface area contributed by atoms with Crippen molar-refractivity contribution in [1.29, 1.82) is 0 Å². The molecular formula is C9H9N3. The summed E-state index contributed by atoms with van der Waals surface area (Å²) in [6, 6.07) is 5.82. The van der Waals surface area contributed by atoms with Crippen LogP contribution in [0.15, 0.2) is 31.0 Å². The van der Waals surface area contributed by atoms with Crippen molar-refractivity contribution in [2.24, 2.45) is 5.73 Å². The molecule has 0 bridgehead atoms. The minimum atomic E-state index is 0.582. The number of nitrogens with one attached hydrogen (secondary N) is 1. The fourth-order valence-corrected chi connectivity index (χ4v) is 1.14. The first kappa shape index (κ1) is 6.91. The topological polar surface area (TPSA) is 54.7 Å². The Hall–Kier alpha value is -1.77. The highest BCUT2D eigenvalue weighted by molar-refractivity contribution is 5.81. The van der Waals surface area contributed by atoms with E-state index in [1.165, 1.54) is 0 Å². The molecule has 0 fully saturated rings. The monoisotopic (exact) mass is 159 g/mol. The predicted octanol–water partition coefficient (Wildman–Crippen LogP) is 1.49. The molecule has 1 aromatic carbocycles. The van der Waals surface area contributed by atoms with Gasteiger partial charge in [0.15, 0.2) is 0 Å². The van der Waals surface area contributed by atoms with Gasteiger partial charge in [0, 0.05) is 11.1 Å². The third-order valence-corrected chi connectivity index (χ3v) is 1.81. The standard InChI is InChI=1S/C9H9N3/c1-6(10)7-2-3-9-8(4-7)5-11-12-9/h2-5H,1,10H2,(H,11,12). The molecule has 1 aromatic heterocycles. The SMILES string of the molecule is C=C(N)c1ccc2[nH]ncc2c1. The number of fused-ring (bicyclic) bond motifs is 1. The van der Waals surface area contributed by atoms with Crippen LogP contribution in [0.25, 0.3) is 16.6 Å². The number of aromatic amines is 1. The number of benzene rings is 1. The first-order valence-electron chi connectivity index (χ1n) is 3.65. The summed E-state index contributed by atoms with van der Waals surface area (Å²) >= 11 is 0. The van der Waals surface area contributed by atoms with E-state index in [9.17, 15) is 0 Å². The van der Waals surface area contributed by atoms with Crippen LogP contribution >= 0.6 is 0 Å². The molecular weight excluding hydrogens is 150 g/mol. The molecule has 3 N–H and O–H groups in total. The van der Waals surface area contributed by atoms with Gasteiger partial charge in [0.2, 0.25) is 0 Å². The minimum Gasteiger partial charge on any atom is -0.399 e. The van der Waals surface area contributed by atoms with Gasteiger partial charge in [-0.2, -0.15) is 5.10 Å². The molecule has 0 saturated carbocycles. The van der Waals surface area contributed by atoms with E-state index in [2.05, 4.69) is 16.8 Å². The van der Waals surface area contributed by atoms with Crippen LogP contribution in [-0.4, -0.2) is 10.2 Å². The summed E-state index contributed by atoms with van der Waals surface area (Å²) in [6.07, 6.45) is 1.77. The molecule has 1 heterocycles. The van der Waals surface area contributed by atoms with E-state index in [0.29, 0.717) is 5.70 Å². The Morgan fingerprint density at radius 1 is 1.50 bits per heavy atom. The van der Waals surface area contributed by atoms with E-state index in [1.54, 1.807) is 6.20 Å². The third kappa shape index (κ3) is 0.955. The number of aromatic nitrogens is 2. The van der Waals surface area contributed by atoms with Crippen molar-refractivity contribution in [2.45, 2.75) is 0 Å². The molecule has 0 spiro atoms. The average molecular weight is 159 g/mol. The molecule has 60 valence electrons. The molecule has 2 rings (SSSR count). The summed E-state index contributed by atoms with van der Waals surface area (Å²) in [5, 5.41) is 7.83. The summed E-state index contributed by atoms with van der Waals surface area (Å²) in [5.41, 5.74) is 8.09. The summed E-state index contributed by atoms with van der Waals surface area (Å²) in [7, 11) is 0. The molecule has 0 atom stereocenters. The molecule has 2 aromatic rings. The fraction of sp³-hybridized carbons (Fsp3) is 0. The van der Waals surface area contributed by atoms with Crippen molar-refractivity contribution >= 4 is 16.6 Å². The van der Waals surface area contributed by atoms with E-state index in [1.807, 2.05) is 18.2 Å². The van der Waals surface area contributed by atoms with Gasteiger partial charge < -0.3 is 5.73 Å². The summed E-state index contributed by atoms with van der Waals surface area (Å²) in [6.45, 7) is 3.66. The number of hydrogen-bond donors (Lipinski definition) is 2. The summed E-state index contributed by atoms with van der Waals surface area (Å²) < 4.78 is 0. The first-order chi connectivity index (χ1) is 5.77. The molecule has 0 unspecified atom stereocenters. The number of rotatable bonds is 1. The van der Waals surface area contributed by atoms with Crippen LogP contribution < -0.4 is 5.73 Å². The van der Waals surface area contributed by atoms with E-state index >= 15 is 0 Å². The Balaban J connectivity index is 2.68. The largest absolute Gasteiger partial charge is 0.399 e. The van der Waals surface area contributed by atoms with E-state index in [-0.39, 0.29) is 0 Å². The lowest BCUT2D eigenvalue weighted by molar-refractivity contribution is 1.12. The Kier molecular flexibility index (Phi) is 1.37. The van der Waals surface area contributed by atoms with Crippen LogP contribution in [0.4, 0.5) is 0 Å². The van der Waals surface area contributed by atoms with Crippen molar-refractivity contribution < 1.29 is 0 Å². The number of H-pyrrole nitrogens is 1. The second kappa shape index (κ2) is 2.37. The predicted molar refractivity (Wildman–Crippen MR) is 49.3 cm³/mol. The zero-order chi connectivity index (χ0) is 8.55. The molecule has 0 aliphatic carbocycles. The second-order valence-electron chi connectivity index (χ2n) is 2.70. The van der Waals surface area contributed by atoms with Gasteiger partial charge in [-0.1, -0.05) is 12.6 Å². The molecule has 0 amide bonds. The molecule has 0 radical (unpaired) electrons. The highest BCUT2D eigenvalue weighted by atomic mass is 15.1. The maximum absolute atomic E-state index is 5.55. The van der Waals surface area contributed by atoms with Crippen molar-refractivity contribution in [3.8, 4) is 0 Å². The lowest BCUT2D eigenvalue weighted by Gasteiger charge is -1.97. The average Bonchev–Trinajstić information content (AvgIpc) is 2.49. The Labute approximate surface area is 69.9 Å². The highest BCUT2D eigenvalue weighted by Crippen LogP contribution is 2.15. The van der Waals surface area contributed by atoms with Gasteiger partial charge in [0.1, 0.15) is 0 Å². The molecule has 0 aliphatic rings. The normalized spacial score (nSPS) is 10.3. The zero-order valence-corrected chi connectivity index (χ0v) is 6.54. The molecule has 3 heteroatoms. The number of nitrogens with two attached hydrogens (primary N) is 1. The van der Waals surface area contributed by atoms with Gasteiger partial charge >= 0.3 is 0 Å². The van der Waals surface area contributed by atoms with Gasteiger partial charge in [0.25, 0.3) is 0 Å². The summed E-state index contributed by atoms with van der Waals surface area (Å²) in [5.74, 6) is 0. The second-order valence-corrected chi connectivity index (χ2v) is 2.70. The van der Waals surface area contributed by atoms with Crippen molar-refractivity contribution in [3.05, 3.63) is 36.5 Å². The van der Waals surface area contributed by atoms with Gasteiger partial charge in [-0.3, -0.25) is 5.10 Å². The quantitative estimate of drug-likeness (QED) is 0.662. The molecule has 0 aliphatic heterocycles. The van der Waals surface area contributed by atoms with Gasteiger partial charge in [-0.25, -0.2) is 0 Å². The van der Waals surface area contributed by atoms with Gasteiger partial charge in [0.05, 0.1) is 11.7 Å². The first-order valence-corrected chi connectivity index (χ1v) is 3.65. The van der Waals surface area contributed by atoms with Crippen molar-refractivity contribution in [2.75, 3.05) is 0 Å². The van der Waals surface area contributed by atoms with Crippen LogP contribution in [0.1, 0.15) is 5.56 Å². The van der Waals surface area contributed by atoms with Gasteiger partial charge in [-0.15, -0.1) is 0 Å². The third-order valence-electron chi connectivity index (χ3n) is 1.81. The molecule has 0 saturated heterocycles. The van der Waals surface area contributed by atoms with Crippen molar-refractivity contribution in [1.82, 2.24) is 10.2 Å². The minimum absolute atomic E-state index is 0.582. The van der Waals surface area contributed by atoms with Crippen LogP contribution in [0.5, 0.6) is 0 Å². The Morgan fingerprint density at radius 2 is 2.33 bits per heavy atom. The Bertz CT molecular complexity index is 428. The van der Waals surface area contributed by atoms with E-state index in [4.69, 9.17) is 5.73 Å². The van der Waals surface area contributed by atoms with Crippen LogP contribution in [0.2, 0.25) is 0 Å². The van der Waals surface area contributed by atoms with Gasteiger partial charge in [-0.05, 0) is 17.7 Å². The number of nitrogens with zero attached hydrogens (tertiary/aromatic N) is 1. The molecule has 12 heavy (non-hydrogen) atoms. The maximum Gasteiger partial charge on any atom is 0.0650 e. The lowest BCUT2D eigenvalue weighted by atomic mass is 10.1. The van der Waals surface area contributed by atoms with Crippen molar-refractivity contribution in [3.63, 3.8) is 0 Å². The van der Waals surface area contributed by atoms with E-state index < -0.39 is 0 Å². The lowest BCUT2D eigenvalue weighted by Crippen LogP contribution is -1.92. The maximum atomic E-state index is 5.55.